The lowest BCUT2D eigenvalue weighted by Gasteiger charge is -2.03. The molecule has 13 heavy (non-hydrogen) atoms. The highest BCUT2D eigenvalue weighted by molar-refractivity contribution is 9.11. The van der Waals surface area contributed by atoms with E-state index in [9.17, 15) is 8.42 Å². The molecule has 1 rings (SSSR count). The maximum absolute atomic E-state index is 11.1. The fraction of sp³-hybridized carbons (Fsp3) is 0.167. The van der Waals surface area contributed by atoms with Crippen molar-refractivity contribution in [2.45, 2.75) is 5.03 Å². The first-order valence-electron chi connectivity index (χ1n) is 3.14. The van der Waals surface area contributed by atoms with Gasteiger partial charge in [0.25, 0.3) is 0 Å². The van der Waals surface area contributed by atoms with Gasteiger partial charge in [-0.2, -0.15) is 0 Å². The Kier molecular flexibility index (Phi) is 2.98. The second-order valence-corrected chi connectivity index (χ2v) is 5.99. The number of hydrogen-bond donors (Lipinski definition) is 1. The molecule has 1 aromatic heterocycles. The molecule has 0 spiro atoms. The SMILES string of the molecule is CS(=O)(=O)c1cc(Br)c(N)c(Br)n1. The van der Waals surface area contributed by atoms with Gasteiger partial charge in [-0.15, -0.1) is 0 Å². The van der Waals surface area contributed by atoms with Crippen LogP contribution in [0.5, 0.6) is 0 Å². The summed E-state index contributed by atoms with van der Waals surface area (Å²) in [7, 11) is -3.29. The third-order valence-electron chi connectivity index (χ3n) is 1.32. The molecule has 0 unspecified atom stereocenters. The maximum atomic E-state index is 11.1. The Balaban J connectivity index is 3.47. The summed E-state index contributed by atoms with van der Waals surface area (Å²) in [5.41, 5.74) is 5.92. The molecule has 72 valence electrons. The van der Waals surface area contributed by atoms with Crippen LogP contribution in [0.1, 0.15) is 0 Å². The van der Waals surface area contributed by atoms with Crippen molar-refractivity contribution in [1.82, 2.24) is 4.98 Å². The molecule has 4 nitrogen and oxygen atoms in total. The van der Waals surface area contributed by atoms with E-state index in [0.29, 0.717) is 14.8 Å². The molecular weight excluding hydrogens is 324 g/mol. The fourth-order valence-electron chi connectivity index (χ4n) is 0.664. The van der Waals surface area contributed by atoms with Crippen molar-refractivity contribution in [2.24, 2.45) is 0 Å². The molecule has 0 atom stereocenters. The van der Waals surface area contributed by atoms with Gasteiger partial charge in [-0.05, 0) is 37.9 Å². The van der Waals surface area contributed by atoms with Crippen LogP contribution in [0, 0.1) is 0 Å². The lowest BCUT2D eigenvalue weighted by molar-refractivity contribution is 0.598. The molecule has 0 saturated heterocycles. The van der Waals surface area contributed by atoms with E-state index < -0.39 is 9.84 Å². The Hall–Kier alpha value is -0.140. The lowest BCUT2D eigenvalue weighted by atomic mass is 10.4. The highest BCUT2D eigenvalue weighted by Crippen LogP contribution is 2.28. The number of halogens is 2. The Labute approximate surface area is 92.7 Å². The van der Waals surface area contributed by atoms with Gasteiger partial charge in [0.05, 0.1) is 5.69 Å². The molecule has 0 aromatic carbocycles. The summed E-state index contributed by atoms with van der Waals surface area (Å²) in [4.78, 5) is 3.78. The molecule has 1 heterocycles. The zero-order valence-corrected chi connectivity index (χ0v) is 10.6. The van der Waals surface area contributed by atoms with Crippen molar-refractivity contribution < 1.29 is 8.42 Å². The maximum Gasteiger partial charge on any atom is 0.192 e. The Morgan fingerprint density at radius 1 is 1.46 bits per heavy atom. The topological polar surface area (TPSA) is 73.0 Å². The predicted molar refractivity (Wildman–Crippen MR) is 57.2 cm³/mol. The first kappa shape index (κ1) is 10.9. The largest absolute Gasteiger partial charge is 0.396 e. The fourth-order valence-corrected chi connectivity index (χ4v) is 2.60. The molecule has 0 fully saturated rings. The highest BCUT2D eigenvalue weighted by atomic mass is 79.9. The number of aromatic nitrogens is 1. The Morgan fingerprint density at radius 3 is 2.38 bits per heavy atom. The molecule has 0 aliphatic rings. The average Bonchev–Trinajstić information content (AvgIpc) is 1.97. The van der Waals surface area contributed by atoms with Gasteiger partial charge in [0, 0.05) is 10.7 Å². The van der Waals surface area contributed by atoms with Crippen LogP contribution in [-0.4, -0.2) is 19.7 Å². The number of nitrogens with two attached hydrogens (primary N) is 1. The highest BCUT2D eigenvalue weighted by Gasteiger charge is 2.13. The van der Waals surface area contributed by atoms with E-state index in [2.05, 4.69) is 36.8 Å². The van der Waals surface area contributed by atoms with Crippen LogP contribution in [0.2, 0.25) is 0 Å². The quantitative estimate of drug-likeness (QED) is 0.794. The van der Waals surface area contributed by atoms with Gasteiger partial charge in [0.15, 0.2) is 14.9 Å². The molecule has 2 N–H and O–H groups in total. The molecule has 1 aromatic rings. The van der Waals surface area contributed by atoms with Gasteiger partial charge in [-0.1, -0.05) is 0 Å². The first-order valence-corrected chi connectivity index (χ1v) is 6.61. The summed E-state index contributed by atoms with van der Waals surface area (Å²) in [6.07, 6.45) is 1.09. The van der Waals surface area contributed by atoms with Gasteiger partial charge < -0.3 is 5.73 Å². The predicted octanol–water partition coefficient (Wildman–Crippen LogP) is 1.59. The minimum absolute atomic E-state index is 0.0135. The average molecular weight is 330 g/mol. The van der Waals surface area contributed by atoms with Crippen molar-refractivity contribution in [3.63, 3.8) is 0 Å². The van der Waals surface area contributed by atoms with Crippen molar-refractivity contribution in [2.75, 3.05) is 12.0 Å². The van der Waals surface area contributed by atoms with Crippen molar-refractivity contribution in [3.05, 3.63) is 15.1 Å². The minimum Gasteiger partial charge on any atom is -0.396 e. The molecular formula is C6H6Br2N2O2S. The lowest BCUT2D eigenvalue weighted by Crippen LogP contribution is -2.03. The van der Waals surface area contributed by atoms with Crippen molar-refractivity contribution in [3.8, 4) is 0 Å². The van der Waals surface area contributed by atoms with Crippen LogP contribution in [0.4, 0.5) is 5.69 Å². The number of nitrogen functional groups attached to an aromatic ring is 1. The van der Waals surface area contributed by atoms with E-state index in [0.717, 1.165) is 6.26 Å². The van der Waals surface area contributed by atoms with Crippen LogP contribution >= 0.6 is 31.9 Å². The van der Waals surface area contributed by atoms with Crippen molar-refractivity contribution in [1.29, 1.82) is 0 Å². The smallest absolute Gasteiger partial charge is 0.192 e. The van der Waals surface area contributed by atoms with Gasteiger partial charge >= 0.3 is 0 Å². The van der Waals surface area contributed by atoms with Crippen LogP contribution < -0.4 is 5.73 Å². The number of pyridine rings is 1. The standard InChI is InChI=1S/C6H6Br2N2O2S/c1-13(11,12)4-2-3(7)5(9)6(8)10-4/h2H,9H2,1H3. The van der Waals surface area contributed by atoms with Crippen LogP contribution in [-0.2, 0) is 9.84 Å². The van der Waals surface area contributed by atoms with Crippen molar-refractivity contribution >= 4 is 47.4 Å². The Bertz CT molecular complexity index is 421. The van der Waals surface area contributed by atoms with E-state index >= 15 is 0 Å². The van der Waals surface area contributed by atoms with Gasteiger partial charge in [-0.25, -0.2) is 13.4 Å². The number of nitrogens with zero attached hydrogens (tertiary/aromatic N) is 1. The van der Waals surface area contributed by atoms with E-state index in [1.165, 1.54) is 6.07 Å². The van der Waals surface area contributed by atoms with E-state index in [1.54, 1.807) is 0 Å². The third kappa shape index (κ3) is 2.41. The molecule has 7 heteroatoms. The molecule has 0 aliphatic carbocycles. The number of sulfone groups is 1. The van der Waals surface area contributed by atoms with E-state index in [-0.39, 0.29) is 5.03 Å². The molecule has 0 aliphatic heterocycles. The summed E-state index contributed by atoms with van der Waals surface area (Å²) < 4.78 is 23.0. The molecule has 0 bridgehead atoms. The number of anilines is 1. The molecule has 0 amide bonds. The molecule has 0 saturated carbocycles. The molecule has 0 radical (unpaired) electrons. The number of rotatable bonds is 1. The van der Waals surface area contributed by atoms with Crippen LogP contribution in [0.25, 0.3) is 0 Å². The zero-order chi connectivity index (χ0) is 10.2. The van der Waals surface area contributed by atoms with E-state index in [1.807, 2.05) is 0 Å². The Morgan fingerprint density at radius 2 is 2.00 bits per heavy atom. The van der Waals surface area contributed by atoms with E-state index in [4.69, 9.17) is 5.73 Å². The van der Waals surface area contributed by atoms with Gasteiger partial charge in [0.2, 0.25) is 0 Å². The normalized spacial score (nSPS) is 11.6. The number of hydrogen-bond acceptors (Lipinski definition) is 4. The van der Waals surface area contributed by atoms with Gasteiger partial charge in [-0.3, -0.25) is 0 Å². The second kappa shape index (κ2) is 3.55. The monoisotopic (exact) mass is 328 g/mol. The third-order valence-corrected chi connectivity index (χ3v) is 3.55. The summed E-state index contributed by atoms with van der Waals surface area (Å²) in [5, 5.41) is -0.0135. The summed E-state index contributed by atoms with van der Waals surface area (Å²) in [6, 6.07) is 1.37. The minimum atomic E-state index is -3.29. The first-order chi connectivity index (χ1) is 5.82. The second-order valence-electron chi connectivity index (χ2n) is 2.42. The summed E-state index contributed by atoms with van der Waals surface area (Å²) >= 11 is 6.19. The summed E-state index contributed by atoms with van der Waals surface area (Å²) in [5.74, 6) is 0. The summed E-state index contributed by atoms with van der Waals surface area (Å²) in [6.45, 7) is 0. The van der Waals surface area contributed by atoms with Gasteiger partial charge in [0.1, 0.15) is 4.60 Å². The van der Waals surface area contributed by atoms with Crippen LogP contribution in [0.15, 0.2) is 20.2 Å². The zero-order valence-electron chi connectivity index (χ0n) is 6.58. The van der Waals surface area contributed by atoms with Crippen LogP contribution in [0.3, 0.4) is 0 Å².